The number of halogens is 1. The molecule has 0 spiro atoms. The van der Waals surface area contributed by atoms with Crippen molar-refractivity contribution < 1.29 is 4.74 Å². The second kappa shape index (κ2) is 4.98. The Labute approximate surface area is 121 Å². The monoisotopic (exact) mass is 285 g/mol. The summed E-state index contributed by atoms with van der Waals surface area (Å²) in [6.45, 7) is 0. The summed E-state index contributed by atoms with van der Waals surface area (Å²) in [5.41, 5.74) is 8.03. The van der Waals surface area contributed by atoms with E-state index in [0.29, 0.717) is 10.7 Å². The second-order valence-electron chi connectivity index (χ2n) is 4.38. The van der Waals surface area contributed by atoms with Crippen LogP contribution < -0.4 is 10.5 Å². The summed E-state index contributed by atoms with van der Waals surface area (Å²) < 4.78 is 5.22. The number of nitrogens with zero attached hydrogens (tertiary/aromatic N) is 2. The predicted molar refractivity (Wildman–Crippen MR) is 80.9 cm³/mol. The van der Waals surface area contributed by atoms with Crippen LogP contribution in [0.1, 0.15) is 0 Å². The number of rotatable bonds is 2. The Morgan fingerprint density at radius 2 is 2.00 bits per heavy atom. The molecule has 0 unspecified atom stereocenters. The van der Waals surface area contributed by atoms with Crippen LogP contribution in [-0.4, -0.2) is 17.3 Å². The van der Waals surface area contributed by atoms with E-state index in [1.54, 1.807) is 25.4 Å². The molecule has 1 heterocycles. The summed E-state index contributed by atoms with van der Waals surface area (Å²) in [5, 5.41) is 10.7. The Morgan fingerprint density at radius 1 is 1.15 bits per heavy atom. The van der Waals surface area contributed by atoms with Crippen LogP contribution in [0.25, 0.3) is 22.0 Å². The van der Waals surface area contributed by atoms with Gasteiger partial charge in [-0.05, 0) is 30.3 Å². The molecule has 0 aliphatic heterocycles. The van der Waals surface area contributed by atoms with Gasteiger partial charge < -0.3 is 10.5 Å². The standard InChI is InChI=1S/C15H12ClN3O/c1-20-11-3-4-12-10(6-11)8-18-19-15(12)9-2-5-13(16)14(17)7-9/h2-8H,17H2,1H3. The molecule has 0 fully saturated rings. The average Bonchev–Trinajstić information content (AvgIpc) is 2.49. The number of fused-ring (bicyclic) bond motifs is 1. The Hall–Kier alpha value is -2.33. The third-order valence-electron chi connectivity index (χ3n) is 3.14. The van der Waals surface area contributed by atoms with Crippen molar-refractivity contribution in [3.8, 4) is 17.0 Å². The van der Waals surface area contributed by atoms with Crippen LogP contribution in [0.4, 0.5) is 5.69 Å². The molecule has 3 rings (SSSR count). The first-order chi connectivity index (χ1) is 9.69. The van der Waals surface area contributed by atoms with Crippen molar-refractivity contribution in [2.45, 2.75) is 0 Å². The van der Waals surface area contributed by atoms with Gasteiger partial charge in [0.2, 0.25) is 0 Å². The number of hydrogen-bond donors (Lipinski definition) is 1. The van der Waals surface area contributed by atoms with Crippen LogP contribution in [0.3, 0.4) is 0 Å². The highest BCUT2D eigenvalue weighted by molar-refractivity contribution is 6.33. The molecule has 5 heteroatoms. The normalized spacial score (nSPS) is 10.7. The summed E-state index contributed by atoms with van der Waals surface area (Å²) in [7, 11) is 1.64. The van der Waals surface area contributed by atoms with Gasteiger partial charge in [0.25, 0.3) is 0 Å². The molecule has 20 heavy (non-hydrogen) atoms. The van der Waals surface area contributed by atoms with Crippen molar-refractivity contribution in [2.75, 3.05) is 12.8 Å². The van der Waals surface area contributed by atoms with E-state index >= 15 is 0 Å². The lowest BCUT2D eigenvalue weighted by Crippen LogP contribution is -1.93. The molecule has 0 saturated carbocycles. The zero-order valence-electron chi connectivity index (χ0n) is 10.8. The summed E-state index contributed by atoms with van der Waals surface area (Å²) >= 11 is 5.95. The fourth-order valence-electron chi connectivity index (χ4n) is 2.10. The third-order valence-corrected chi connectivity index (χ3v) is 3.48. The molecule has 0 bridgehead atoms. The van der Waals surface area contributed by atoms with Crippen molar-refractivity contribution in [1.29, 1.82) is 0 Å². The lowest BCUT2D eigenvalue weighted by molar-refractivity contribution is 0.415. The van der Waals surface area contributed by atoms with Crippen LogP contribution in [0.5, 0.6) is 5.75 Å². The van der Waals surface area contributed by atoms with Crippen LogP contribution in [0.2, 0.25) is 5.02 Å². The highest BCUT2D eigenvalue weighted by Gasteiger charge is 2.08. The first-order valence-electron chi connectivity index (χ1n) is 6.04. The Balaban J connectivity index is 2.22. The molecular formula is C15H12ClN3O. The summed E-state index contributed by atoms with van der Waals surface area (Å²) in [6.07, 6.45) is 1.71. The minimum absolute atomic E-state index is 0.525. The molecule has 4 nitrogen and oxygen atoms in total. The molecule has 0 radical (unpaired) electrons. The van der Waals surface area contributed by atoms with Gasteiger partial charge in [0.1, 0.15) is 11.4 Å². The Morgan fingerprint density at radius 3 is 2.75 bits per heavy atom. The highest BCUT2D eigenvalue weighted by atomic mass is 35.5. The van der Waals surface area contributed by atoms with E-state index in [-0.39, 0.29) is 0 Å². The van der Waals surface area contributed by atoms with E-state index in [2.05, 4.69) is 10.2 Å². The zero-order valence-corrected chi connectivity index (χ0v) is 11.6. The second-order valence-corrected chi connectivity index (χ2v) is 4.79. The molecular weight excluding hydrogens is 274 g/mol. The van der Waals surface area contributed by atoms with Crippen molar-refractivity contribution in [3.05, 3.63) is 47.6 Å². The van der Waals surface area contributed by atoms with Crippen molar-refractivity contribution >= 4 is 28.1 Å². The molecule has 0 aliphatic rings. The lowest BCUT2D eigenvalue weighted by atomic mass is 10.0. The lowest BCUT2D eigenvalue weighted by Gasteiger charge is -2.07. The van der Waals surface area contributed by atoms with E-state index in [9.17, 15) is 0 Å². The van der Waals surface area contributed by atoms with Gasteiger partial charge in [0, 0.05) is 16.3 Å². The number of hydrogen-bond acceptors (Lipinski definition) is 4. The third kappa shape index (κ3) is 2.14. The van der Waals surface area contributed by atoms with E-state index in [1.807, 2.05) is 24.3 Å². The van der Waals surface area contributed by atoms with E-state index in [0.717, 1.165) is 27.8 Å². The van der Waals surface area contributed by atoms with Crippen molar-refractivity contribution in [1.82, 2.24) is 10.2 Å². The number of anilines is 1. The number of nitrogens with two attached hydrogens (primary N) is 1. The molecule has 0 saturated heterocycles. The van der Waals surface area contributed by atoms with Crippen molar-refractivity contribution in [3.63, 3.8) is 0 Å². The van der Waals surface area contributed by atoms with E-state index < -0.39 is 0 Å². The molecule has 0 aliphatic carbocycles. The first kappa shape index (κ1) is 12.7. The number of methoxy groups -OCH3 is 1. The van der Waals surface area contributed by atoms with Crippen LogP contribution in [0.15, 0.2) is 42.6 Å². The molecule has 2 N–H and O–H groups in total. The maximum Gasteiger partial charge on any atom is 0.119 e. The van der Waals surface area contributed by atoms with Crippen LogP contribution in [0, 0.1) is 0 Å². The Bertz CT molecular complexity index is 789. The van der Waals surface area contributed by atoms with E-state index in [4.69, 9.17) is 22.1 Å². The fraction of sp³-hybridized carbons (Fsp3) is 0.0667. The Kier molecular flexibility index (Phi) is 3.16. The smallest absolute Gasteiger partial charge is 0.119 e. The molecule has 100 valence electrons. The number of benzene rings is 2. The quantitative estimate of drug-likeness (QED) is 0.732. The van der Waals surface area contributed by atoms with Crippen molar-refractivity contribution in [2.24, 2.45) is 0 Å². The molecule has 1 aromatic heterocycles. The number of aromatic nitrogens is 2. The van der Waals surface area contributed by atoms with Gasteiger partial charge in [-0.15, -0.1) is 5.10 Å². The van der Waals surface area contributed by atoms with Gasteiger partial charge in [0.15, 0.2) is 0 Å². The molecule has 0 atom stereocenters. The topological polar surface area (TPSA) is 61.0 Å². The van der Waals surface area contributed by atoms with Crippen LogP contribution in [-0.2, 0) is 0 Å². The van der Waals surface area contributed by atoms with Gasteiger partial charge in [0.05, 0.1) is 24.0 Å². The maximum absolute atomic E-state index is 5.95. The highest BCUT2D eigenvalue weighted by Crippen LogP contribution is 2.31. The average molecular weight is 286 g/mol. The van der Waals surface area contributed by atoms with Gasteiger partial charge in [-0.2, -0.15) is 5.10 Å². The predicted octanol–water partition coefficient (Wildman–Crippen LogP) is 3.54. The first-order valence-corrected chi connectivity index (χ1v) is 6.41. The molecule has 2 aromatic carbocycles. The molecule has 3 aromatic rings. The van der Waals surface area contributed by atoms with Gasteiger partial charge in [-0.3, -0.25) is 0 Å². The number of nitrogen functional groups attached to an aromatic ring is 1. The number of ether oxygens (including phenoxy) is 1. The van der Waals surface area contributed by atoms with Gasteiger partial charge in [-0.1, -0.05) is 17.7 Å². The van der Waals surface area contributed by atoms with Crippen LogP contribution >= 0.6 is 11.6 Å². The minimum atomic E-state index is 0.525. The fourth-order valence-corrected chi connectivity index (χ4v) is 2.21. The summed E-state index contributed by atoms with van der Waals surface area (Å²) in [5.74, 6) is 0.784. The van der Waals surface area contributed by atoms with E-state index in [1.165, 1.54) is 0 Å². The minimum Gasteiger partial charge on any atom is -0.497 e. The molecule has 0 amide bonds. The summed E-state index contributed by atoms with van der Waals surface area (Å²) in [6, 6.07) is 11.2. The summed E-state index contributed by atoms with van der Waals surface area (Å²) in [4.78, 5) is 0. The maximum atomic E-state index is 5.95. The van der Waals surface area contributed by atoms with Gasteiger partial charge in [-0.25, -0.2) is 0 Å². The largest absolute Gasteiger partial charge is 0.497 e. The zero-order chi connectivity index (χ0) is 14.1. The SMILES string of the molecule is COc1ccc2c(-c3ccc(Cl)c(N)c3)nncc2c1. The van der Waals surface area contributed by atoms with Gasteiger partial charge >= 0.3 is 0 Å².